The van der Waals surface area contributed by atoms with E-state index in [4.69, 9.17) is 34.8 Å². The standard InChI is InChI=1S/C40H30Cl3F3N4O5/c1-2-19-3-10-24(11-4-19)49-35(52)26-13-12-25-27(32(26)37(49)54)17-29-36(53)50(48-34-30(43)15-21(18-47-34)40(44,45)46)38(55)39(29,20-5-7-22(41)8-6-20)33(25)28-16-23(42)9-14-31(28)51/h3-12,14-16,18,26-27,29,32-33,51H,2,13,17H2,1H3,(H,47,48). The molecule has 0 bridgehead atoms. The summed E-state index contributed by atoms with van der Waals surface area (Å²) in [5.74, 6) is -7.87. The summed E-state index contributed by atoms with van der Waals surface area (Å²) in [5.41, 5.74) is 2.16. The van der Waals surface area contributed by atoms with Gasteiger partial charge in [-0.3, -0.25) is 29.5 Å². The molecule has 1 aromatic heterocycles. The van der Waals surface area contributed by atoms with Crippen molar-refractivity contribution < 1.29 is 37.5 Å². The number of aromatic nitrogens is 1. The van der Waals surface area contributed by atoms with Gasteiger partial charge in [-0.25, -0.2) is 4.98 Å². The summed E-state index contributed by atoms with van der Waals surface area (Å²) in [5, 5.41) is 12.3. The van der Waals surface area contributed by atoms with Gasteiger partial charge in [0.15, 0.2) is 5.82 Å². The first-order chi connectivity index (χ1) is 26.2. The van der Waals surface area contributed by atoms with Crippen molar-refractivity contribution in [1.82, 2.24) is 9.99 Å². The molecule has 4 aliphatic rings. The van der Waals surface area contributed by atoms with Crippen LogP contribution < -0.4 is 10.3 Å². The van der Waals surface area contributed by atoms with Crippen molar-refractivity contribution in [3.05, 3.63) is 128 Å². The lowest BCUT2D eigenvalue weighted by Crippen LogP contribution is -2.53. The number of aromatic hydroxyl groups is 1. The average molecular weight is 810 g/mol. The molecule has 9 nitrogen and oxygen atoms in total. The third kappa shape index (κ3) is 5.71. The number of alkyl halides is 3. The SMILES string of the molecule is CCc1ccc(N2C(=O)C3CC=C4C(CC5C(=O)N(Nc6ncc(C(F)(F)F)cc6Cl)C(=O)C5(c5ccc(Cl)cc5)C4c4cc(Cl)ccc4O)C3C2=O)cc1. The number of carbonyl (C=O) groups excluding carboxylic acids is 4. The van der Waals surface area contributed by atoms with Gasteiger partial charge in [0.2, 0.25) is 11.8 Å². The minimum Gasteiger partial charge on any atom is -0.508 e. The first-order valence-electron chi connectivity index (χ1n) is 17.5. The minimum absolute atomic E-state index is 0.0774. The number of hydrazine groups is 1. The molecule has 3 fully saturated rings. The maximum Gasteiger partial charge on any atom is 0.417 e. The Bertz CT molecular complexity index is 2320. The van der Waals surface area contributed by atoms with Gasteiger partial charge in [-0.2, -0.15) is 18.2 Å². The zero-order valence-electron chi connectivity index (χ0n) is 28.8. The van der Waals surface area contributed by atoms with Crippen LogP contribution in [-0.4, -0.2) is 38.7 Å². The lowest BCUT2D eigenvalue weighted by atomic mass is 9.49. The van der Waals surface area contributed by atoms with Gasteiger partial charge < -0.3 is 5.11 Å². The number of hydrogen-bond acceptors (Lipinski definition) is 7. The van der Waals surface area contributed by atoms with Gasteiger partial charge in [-0.1, -0.05) is 77.6 Å². The van der Waals surface area contributed by atoms with Gasteiger partial charge in [0.05, 0.1) is 39.4 Å². The number of aryl methyl sites for hydroxylation is 1. The Morgan fingerprint density at radius 3 is 2.24 bits per heavy atom. The lowest BCUT2D eigenvalue weighted by molar-refractivity contribution is -0.139. The van der Waals surface area contributed by atoms with Crippen LogP contribution in [-0.2, 0) is 37.2 Å². The van der Waals surface area contributed by atoms with Crippen molar-refractivity contribution >= 4 is 69.9 Å². The topological polar surface area (TPSA) is 120 Å². The molecule has 3 heterocycles. The number of anilines is 2. The van der Waals surface area contributed by atoms with E-state index in [2.05, 4.69) is 10.4 Å². The molecule has 2 aliphatic carbocycles. The van der Waals surface area contributed by atoms with E-state index in [1.807, 2.05) is 25.1 Å². The second-order valence-corrected chi connectivity index (χ2v) is 15.4. The summed E-state index contributed by atoms with van der Waals surface area (Å²) >= 11 is 19.1. The van der Waals surface area contributed by atoms with Crippen molar-refractivity contribution in [3.63, 3.8) is 0 Å². The lowest BCUT2D eigenvalue weighted by Gasteiger charge is -2.50. The van der Waals surface area contributed by atoms with Crippen LogP contribution in [0.2, 0.25) is 15.1 Å². The van der Waals surface area contributed by atoms with Gasteiger partial charge in [-0.05, 0) is 84.8 Å². The highest BCUT2D eigenvalue weighted by Gasteiger charge is 2.70. The summed E-state index contributed by atoms with van der Waals surface area (Å²) in [7, 11) is 0. The van der Waals surface area contributed by atoms with Crippen molar-refractivity contribution in [2.45, 2.75) is 43.7 Å². The van der Waals surface area contributed by atoms with Crippen molar-refractivity contribution in [1.29, 1.82) is 0 Å². The Balaban J connectivity index is 1.31. The van der Waals surface area contributed by atoms with Crippen molar-refractivity contribution in [2.75, 3.05) is 10.3 Å². The highest BCUT2D eigenvalue weighted by molar-refractivity contribution is 6.33. The molecule has 282 valence electrons. The number of nitrogens with zero attached hydrogens (tertiary/aromatic N) is 3. The molecule has 2 saturated heterocycles. The van der Waals surface area contributed by atoms with E-state index in [9.17, 15) is 32.7 Å². The number of halogens is 6. The van der Waals surface area contributed by atoms with Gasteiger partial charge >= 0.3 is 6.18 Å². The molecular formula is C40H30Cl3F3N4O5. The quantitative estimate of drug-likeness (QED) is 0.148. The fraction of sp³-hybridized carbons (Fsp3) is 0.275. The number of amides is 4. The smallest absolute Gasteiger partial charge is 0.417 e. The number of fused-ring (bicyclic) bond motifs is 4. The fourth-order valence-corrected chi connectivity index (χ4v) is 9.53. The van der Waals surface area contributed by atoms with Crippen LogP contribution in [0.1, 0.15) is 47.9 Å². The number of phenolic OH excluding ortho intramolecular Hbond substituents is 1. The Morgan fingerprint density at radius 1 is 0.891 bits per heavy atom. The van der Waals surface area contributed by atoms with Gasteiger partial charge in [0, 0.05) is 27.7 Å². The second kappa shape index (κ2) is 13.4. The first-order valence-corrected chi connectivity index (χ1v) is 18.6. The van der Waals surface area contributed by atoms with E-state index < -0.39 is 69.5 Å². The monoisotopic (exact) mass is 808 g/mol. The molecule has 6 atom stereocenters. The molecule has 8 rings (SSSR count). The molecule has 55 heavy (non-hydrogen) atoms. The Labute approximate surface area is 327 Å². The maximum atomic E-state index is 15.3. The summed E-state index contributed by atoms with van der Waals surface area (Å²) in [6.07, 6.45) is -1.59. The van der Waals surface area contributed by atoms with Crippen LogP contribution in [0.4, 0.5) is 24.7 Å². The molecule has 15 heteroatoms. The summed E-state index contributed by atoms with van der Waals surface area (Å²) in [6, 6.07) is 18.4. The molecular weight excluding hydrogens is 780 g/mol. The minimum atomic E-state index is -4.76. The second-order valence-electron chi connectivity index (χ2n) is 14.2. The van der Waals surface area contributed by atoms with Crippen molar-refractivity contribution in [3.8, 4) is 5.75 Å². The number of hydrogen-bond donors (Lipinski definition) is 2. The molecule has 1 saturated carbocycles. The number of imide groups is 2. The number of allylic oxidation sites excluding steroid dienone is 2. The van der Waals surface area contributed by atoms with Crippen molar-refractivity contribution in [2.24, 2.45) is 23.7 Å². The first kappa shape index (κ1) is 37.0. The average Bonchev–Trinajstić information content (AvgIpc) is 3.54. The van der Waals surface area contributed by atoms with E-state index in [0.29, 0.717) is 39.1 Å². The predicted octanol–water partition coefficient (Wildman–Crippen LogP) is 8.52. The predicted molar refractivity (Wildman–Crippen MR) is 198 cm³/mol. The summed E-state index contributed by atoms with van der Waals surface area (Å²) in [4.78, 5) is 63.6. The summed E-state index contributed by atoms with van der Waals surface area (Å²) in [6.45, 7) is 1.99. The third-order valence-corrected chi connectivity index (χ3v) is 12.2. The van der Waals surface area contributed by atoms with Crippen LogP contribution in [0.15, 0.2) is 90.6 Å². The van der Waals surface area contributed by atoms with Gasteiger partial charge in [-0.15, -0.1) is 0 Å². The molecule has 4 aromatic rings. The van der Waals surface area contributed by atoms with Crippen LogP contribution in [0.5, 0.6) is 5.75 Å². The molecule has 6 unspecified atom stereocenters. The third-order valence-electron chi connectivity index (χ3n) is 11.5. The number of carbonyl (C=O) groups is 4. The van der Waals surface area contributed by atoms with Crippen LogP contribution in [0.3, 0.4) is 0 Å². The zero-order chi connectivity index (χ0) is 39.1. The number of phenols is 1. The molecule has 0 radical (unpaired) electrons. The van der Waals surface area contributed by atoms with Crippen LogP contribution in [0, 0.1) is 23.7 Å². The summed E-state index contributed by atoms with van der Waals surface area (Å²) < 4.78 is 40.4. The van der Waals surface area contributed by atoms with Gasteiger partial charge in [0.25, 0.3) is 11.8 Å². The van der Waals surface area contributed by atoms with E-state index in [0.717, 1.165) is 12.0 Å². The molecule has 0 spiro atoms. The molecule has 3 aromatic carbocycles. The van der Waals surface area contributed by atoms with Gasteiger partial charge in [0.1, 0.15) is 5.75 Å². The number of pyridine rings is 1. The van der Waals surface area contributed by atoms with Crippen LogP contribution in [0.25, 0.3) is 0 Å². The molecule has 2 N–H and O–H groups in total. The Kier molecular flexibility index (Phi) is 9.01. The van der Waals surface area contributed by atoms with E-state index in [1.54, 1.807) is 36.4 Å². The highest BCUT2D eigenvalue weighted by Crippen LogP contribution is 2.65. The van der Waals surface area contributed by atoms with E-state index >= 15 is 4.79 Å². The van der Waals surface area contributed by atoms with Crippen LogP contribution >= 0.6 is 34.8 Å². The fourth-order valence-electron chi connectivity index (χ4n) is 9.02. The number of rotatable bonds is 6. The highest BCUT2D eigenvalue weighted by atomic mass is 35.5. The van der Waals surface area contributed by atoms with E-state index in [1.165, 1.54) is 23.1 Å². The molecule has 2 aliphatic heterocycles. The largest absolute Gasteiger partial charge is 0.508 e. The number of nitrogens with one attached hydrogen (secondary N) is 1. The molecule has 4 amide bonds. The zero-order valence-corrected chi connectivity index (χ0v) is 31.0. The Hall–Kier alpha value is -4.91. The number of benzene rings is 3. The van der Waals surface area contributed by atoms with E-state index in [-0.39, 0.29) is 40.9 Å². The Morgan fingerprint density at radius 2 is 1.58 bits per heavy atom. The maximum absolute atomic E-state index is 15.3. The normalized spacial score (nSPS) is 26.2.